The standard InChI is InChI=1S/C13H17N3O4S/c1-9(2)7-10(13(17)20-3)16-21(18,19)12-5-4-6-15-11(12)8-14/h4-6,9-10,16H,7H2,1-3H3. The molecule has 1 aromatic rings. The Morgan fingerprint density at radius 2 is 2.19 bits per heavy atom. The van der Waals surface area contributed by atoms with Gasteiger partial charge in [-0.15, -0.1) is 0 Å². The van der Waals surface area contributed by atoms with Gasteiger partial charge in [0.05, 0.1) is 7.11 Å². The maximum absolute atomic E-state index is 12.3. The van der Waals surface area contributed by atoms with Gasteiger partial charge in [0.15, 0.2) is 5.69 Å². The van der Waals surface area contributed by atoms with Gasteiger partial charge in [-0.25, -0.2) is 13.4 Å². The number of rotatable bonds is 6. The third-order valence-corrected chi connectivity index (χ3v) is 4.16. The van der Waals surface area contributed by atoms with E-state index >= 15 is 0 Å². The minimum absolute atomic E-state index is 0.0844. The summed E-state index contributed by atoms with van der Waals surface area (Å²) in [6, 6.07) is 3.37. The normalized spacial score (nSPS) is 12.7. The Hall–Kier alpha value is -1.98. The van der Waals surface area contributed by atoms with E-state index in [2.05, 4.69) is 14.4 Å². The van der Waals surface area contributed by atoms with Crippen LogP contribution in [0.25, 0.3) is 0 Å². The summed E-state index contributed by atoms with van der Waals surface area (Å²) < 4.78 is 31.5. The topological polar surface area (TPSA) is 109 Å². The van der Waals surface area contributed by atoms with Crippen LogP contribution in [0.5, 0.6) is 0 Å². The summed E-state index contributed by atoms with van der Waals surface area (Å²) in [5.74, 6) is -0.587. The van der Waals surface area contributed by atoms with Gasteiger partial charge in [0.25, 0.3) is 0 Å². The summed E-state index contributed by atoms with van der Waals surface area (Å²) in [6.07, 6.45) is 1.61. The van der Waals surface area contributed by atoms with Crippen molar-refractivity contribution in [2.75, 3.05) is 7.11 Å². The van der Waals surface area contributed by atoms with Crippen molar-refractivity contribution >= 4 is 16.0 Å². The summed E-state index contributed by atoms with van der Waals surface area (Å²) in [6.45, 7) is 3.71. The molecule has 1 unspecified atom stereocenters. The van der Waals surface area contributed by atoms with Gasteiger partial charge >= 0.3 is 5.97 Å². The number of hydrogen-bond donors (Lipinski definition) is 1. The first-order chi connectivity index (χ1) is 9.81. The van der Waals surface area contributed by atoms with E-state index in [0.717, 1.165) is 0 Å². The van der Waals surface area contributed by atoms with Crippen molar-refractivity contribution in [2.45, 2.75) is 31.2 Å². The minimum Gasteiger partial charge on any atom is -0.468 e. The number of methoxy groups -OCH3 is 1. The van der Waals surface area contributed by atoms with Crippen LogP contribution in [0.4, 0.5) is 0 Å². The molecule has 0 saturated heterocycles. The number of hydrogen-bond acceptors (Lipinski definition) is 6. The smallest absolute Gasteiger partial charge is 0.323 e. The van der Waals surface area contributed by atoms with Gasteiger partial charge < -0.3 is 4.74 Å². The van der Waals surface area contributed by atoms with Gasteiger partial charge in [-0.05, 0) is 24.5 Å². The number of sulfonamides is 1. The lowest BCUT2D eigenvalue weighted by molar-refractivity contribution is -0.143. The second-order valence-electron chi connectivity index (χ2n) is 4.79. The summed E-state index contributed by atoms with van der Waals surface area (Å²) in [5, 5.41) is 8.92. The van der Waals surface area contributed by atoms with E-state index in [9.17, 15) is 13.2 Å². The third-order valence-electron chi connectivity index (χ3n) is 2.66. The van der Waals surface area contributed by atoms with Crippen LogP contribution in [0, 0.1) is 17.2 Å². The molecule has 114 valence electrons. The molecule has 0 aliphatic carbocycles. The zero-order valence-electron chi connectivity index (χ0n) is 12.0. The molecule has 0 fully saturated rings. The van der Waals surface area contributed by atoms with Crippen molar-refractivity contribution in [1.29, 1.82) is 5.26 Å². The third kappa shape index (κ3) is 4.51. The van der Waals surface area contributed by atoms with Crippen LogP contribution < -0.4 is 4.72 Å². The fourth-order valence-electron chi connectivity index (χ4n) is 1.75. The first-order valence-corrected chi connectivity index (χ1v) is 7.75. The highest BCUT2D eigenvalue weighted by Gasteiger charge is 2.28. The number of esters is 1. The second kappa shape index (κ2) is 7.15. The van der Waals surface area contributed by atoms with E-state index < -0.39 is 22.0 Å². The quantitative estimate of drug-likeness (QED) is 0.779. The molecule has 1 aromatic heterocycles. The fourth-order valence-corrected chi connectivity index (χ4v) is 3.05. The number of carbonyl (C=O) groups excluding carboxylic acids is 1. The first kappa shape index (κ1) is 17.1. The van der Waals surface area contributed by atoms with E-state index in [-0.39, 0.29) is 22.9 Å². The number of carbonyl (C=O) groups is 1. The van der Waals surface area contributed by atoms with Gasteiger partial charge in [0.2, 0.25) is 10.0 Å². The Morgan fingerprint density at radius 3 is 2.71 bits per heavy atom. The number of nitriles is 1. The number of ether oxygens (including phenoxy) is 1. The maximum Gasteiger partial charge on any atom is 0.323 e. The average Bonchev–Trinajstić information content (AvgIpc) is 2.44. The van der Waals surface area contributed by atoms with E-state index in [0.29, 0.717) is 0 Å². The molecule has 0 amide bonds. The molecule has 1 heterocycles. The van der Waals surface area contributed by atoms with Crippen LogP contribution in [-0.4, -0.2) is 32.5 Å². The molecule has 0 aliphatic heterocycles. The van der Waals surface area contributed by atoms with Crippen molar-refractivity contribution in [2.24, 2.45) is 5.92 Å². The fraction of sp³-hybridized carbons (Fsp3) is 0.462. The zero-order chi connectivity index (χ0) is 16.0. The van der Waals surface area contributed by atoms with E-state index in [4.69, 9.17) is 5.26 Å². The van der Waals surface area contributed by atoms with E-state index in [1.807, 2.05) is 13.8 Å². The molecule has 0 radical (unpaired) electrons. The SMILES string of the molecule is COC(=O)C(CC(C)C)NS(=O)(=O)c1cccnc1C#N. The first-order valence-electron chi connectivity index (χ1n) is 6.27. The van der Waals surface area contributed by atoms with E-state index in [1.165, 1.54) is 25.4 Å². The van der Waals surface area contributed by atoms with Crippen molar-refractivity contribution in [3.8, 4) is 6.07 Å². The molecule has 1 atom stereocenters. The summed E-state index contributed by atoms with van der Waals surface area (Å²) in [7, 11) is -2.85. The highest BCUT2D eigenvalue weighted by molar-refractivity contribution is 7.89. The lowest BCUT2D eigenvalue weighted by atomic mass is 10.1. The lowest BCUT2D eigenvalue weighted by Crippen LogP contribution is -2.42. The largest absolute Gasteiger partial charge is 0.468 e. The van der Waals surface area contributed by atoms with Crippen LogP contribution in [0.15, 0.2) is 23.2 Å². The van der Waals surface area contributed by atoms with Gasteiger partial charge in [-0.3, -0.25) is 4.79 Å². The van der Waals surface area contributed by atoms with Crippen LogP contribution in [0.1, 0.15) is 26.0 Å². The van der Waals surface area contributed by atoms with Crippen molar-refractivity contribution < 1.29 is 17.9 Å². The molecule has 1 rings (SSSR count). The summed E-state index contributed by atoms with van der Waals surface area (Å²) in [4.78, 5) is 15.1. The molecule has 1 N–H and O–H groups in total. The monoisotopic (exact) mass is 311 g/mol. The number of aromatic nitrogens is 1. The molecule has 21 heavy (non-hydrogen) atoms. The van der Waals surface area contributed by atoms with E-state index in [1.54, 1.807) is 6.07 Å². The van der Waals surface area contributed by atoms with Gasteiger partial charge in [-0.2, -0.15) is 9.98 Å². The maximum atomic E-state index is 12.3. The molecule has 0 bridgehead atoms. The Kier molecular flexibility index (Phi) is 5.81. The predicted molar refractivity (Wildman–Crippen MR) is 74.5 cm³/mol. The Balaban J connectivity index is 3.12. The molecule has 0 aromatic carbocycles. The molecule has 8 heteroatoms. The van der Waals surface area contributed by atoms with Gasteiger partial charge in [0.1, 0.15) is 17.0 Å². The second-order valence-corrected chi connectivity index (χ2v) is 6.47. The number of nitrogens with zero attached hydrogens (tertiary/aromatic N) is 2. The van der Waals surface area contributed by atoms with Crippen LogP contribution in [0.3, 0.4) is 0 Å². The van der Waals surface area contributed by atoms with Gasteiger partial charge in [0, 0.05) is 6.20 Å². The van der Waals surface area contributed by atoms with Crippen molar-refractivity contribution in [3.63, 3.8) is 0 Å². The molecule has 0 aliphatic rings. The van der Waals surface area contributed by atoms with Crippen LogP contribution in [-0.2, 0) is 19.6 Å². The molecular formula is C13H17N3O4S. The Labute approximate surface area is 124 Å². The Bertz CT molecular complexity index is 650. The highest BCUT2D eigenvalue weighted by atomic mass is 32.2. The predicted octanol–water partition coefficient (Wildman–Crippen LogP) is 0.819. The number of pyridine rings is 1. The molecule has 7 nitrogen and oxygen atoms in total. The Morgan fingerprint density at radius 1 is 1.52 bits per heavy atom. The lowest BCUT2D eigenvalue weighted by Gasteiger charge is -2.18. The van der Waals surface area contributed by atoms with Crippen LogP contribution in [0.2, 0.25) is 0 Å². The minimum atomic E-state index is -4.04. The van der Waals surface area contributed by atoms with Crippen molar-refractivity contribution in [3.05, 3.63) is 24.0 Å². The molecular weight excluding hydrogens is 294 g/mol. The highest BCUT2D eigenvalue weighted by Crippen LogP contribution is 2.15. The summed E-state index contributed by atoms with van der Waals surface area (Å²) >= 11 is 0. The van der Waals surface area contributed by atoms with Crippen LogP contribution >= 0.6 is 0 Å². The molecule has 0 saturated carbocycles. The summed E-state index contributed by atoms with van der Waals surface area (Å²) in [5.41, 5.74) is -0.224. The number of nitrogens with one attached hydrogen (secondary N) is 1. The zero-order valence-corrected chi connectivity index (χ0v) is 12.8. The average molecular weight is 311 g/mol. The van der Waals surface area contributed by atoms with Crippen molar-refractivity contribution in [1.82, 2.24) is 9.71 Å². The molecule has 0 spiro atoms. The van der Waals surface area contributed by atoms with Gasteiger partial charge in [-0.1, -0.05) is 13.8 Å².